The molecule has 5 atom stereocenters. The molecule has 0 radical (unpaired) electrons. The zero-order valence-electron chi connectivity index (χ0n) is 14.4. The highest BCUT2D eigenvalue weighted by atomic mass is 32.1. The van der Waals surface area contributed by atoms with Gasteiger partial charge in [0.25, 0.3) is 0 Å². The van der Waals surface area contributed by atoms with Crippen LogP contribution in [0.2, 0.25) is 0 Å². The number of esters is 1. The van der Waals surface area contributed by atoms with Crippen LogP contribution in [0.25, 0.3) is 0 Å². The molecule has 0 saturated heterocycles. The quantitative estimate of drug-likeness (QED) is 0.427. The normalized spacial score (nSPS) is 39.9. The van der Waals surface area contributed by atoms with Crippen molar-refractivity contribution in [2.45, 2.75) is 65.6 Å². The highest BCUT2D eigenvalue weighted by molar-refractivity contribution is 7.80. The van der Waals surface area contributed by atoms with E-state index in [1.54, 1.807) is 0 Å². The van der Waals surface area contributed by atoms with E-state index in [0.29, 0.717) is 16.9 Å². The Bertz CT molecular complexity index is 591. The molecule has 23 heavy (non-hydrogen) atoms. The Morgan fingerprint density at radius 2 is 2.17 bits per heavy atom. The highest BCUT2D eigenvalue weighted by Crippen LogP contribution is 2.57. The minimum Gasteiger partial charge on any atom is -0.480 e. The predicted molar refractivity (Wildman–Crippen MR) is 94.1 cm³/mol. The molecule has 4 heteroatoms. The fourth-order valence-corrected chi connectivity index (χ4v) is 4.95. The summed E-state index contributed by atoms with van der Waals surface area (Å²) in [6.45, 7) is 8.49. The average molecular weight is 334 g/mol. The minimum absolute atomic E-state index is 0.0225. The molecule has 0 N–H and O–H groups in total. The maximum absolute atomic E-state index is 11.9. The molecule has 0 amide bonds. The molecule has 0 aromatic heterocycles. The second-order valence-electron chi connectivity index (χ2n) is 7.50. The molecule has 2 aliphatic carbocycles. The third-order valence-electron chi connectivity index (χ3n) is 6.40. The summed E-state index contributed by atoms with van der Waals surface area (Å²) in [5, 5.41) is 0.579. The van der Waals surface area contributed by atoms with Crippen molar-refractivity contribution >= 4 is 23.2 Å². The predicted octanol–water partition coefficient (Wildman–Crippen LogP) is 4.36. The van der Waals surface area contributed by atoms with Crippen LogP contribution in [-0.4, -0.2) is 23.2 Å². The van der Waals surface area contributed by atoms with Crippen LogP contribution in [0.5, 0.6) is 0 Å². The summed E-state index contributed by atoms with van der Waals surface area (Å²) in [4.78, 5) is 11.9. The SMILES string of the molecule is CC=CC(=S)OC1CCC2CC3OC(=O)C(C)=C3CC2(C)C1C. The van der Waals surface area contributed by atoms with Gasteiger partial charge in [0.15, 0.2) is 5.05 Å². The fraction of sp³-hybridized carbons (Fsp3) is 0.684. The topological polar surface area (TPSA) is 35.5 Å². The summed E-state index contributed by atoms with van der Waals surface area (Å²) in [5.74, 6) is 0.864. The van der Waals surface area contributed by atoms with Crippen LogP contribution in [0.1, 0.15) is 53.4 Å². The van der Waals surface area contributed by atoms with Crippen molar-refractivity contribution in [3.8, 4) is 0 Å². The van der Waals surface area contributed by atoms with E-state index >= 15 is 0 Å². The van der Waals surface area contributed by atoms with Gasteiger partial charge in [-0.25, -0.2) is 4.79 Å². The molecule has 0 aromatic rings. The Labute approximate surface area is 144 Å². The Kier molecular flexibility index (Phi) is 4.39. The summed E-state index contributed by atoms with van der Waals surface area (Å²) >= 11 is 5.30. The molecular formula is C19H26O3S. The summed E-state index contributed by atoms with van der Waals surface area (Å²) < 4.78 is 11.6. The maximum Gasteiger partial charge on any atom is 0.334 e. The number of fused-ring (bicyclic) bond motifs is 2. The van der Waals surface area contributed by atoms with Crippen LogP contribution in [0.15, 0.2) is 23.3 Å². The van der Waals surface area contributed by atoms with Gasteiger partial charge in [0.05, 0.1) is 0 Å². The van der Waals surface area contributed by atoms with Gasteiger partial charge in [-0.15, -0.1) is 0 Å². The van der Waals surface area contributed by atoms with Crippen LogP contribution in [0, 0.1) is 17.3 Å². The van der Waals surface area contributed by atoms with Crippen LogP contribution < -0.4 is 0 Å². The smallest absolute Gasteiger partial charge is 0.334 e. The zero-order chi connectivity index (χ0) is 16.8. The fourth-order valence-electron chi connectivity index (χ4n) is 4.69. The van der Waals surface area contributed by atoms with Crippen LogP contribution >= 0.6 is 12.2 Å². The average Bonchev–Trinajstić information content (AvgIpc) is 2.76. The first-order valence-corrected chi connectivity index (χ1v) is 9.01. The van der Waals surface area contributed by atoms with E-state index in [-0.39, 0.29) is 23.6 Å². The van der Waals surface area contributed by atoms with Gasteiger partial charge in [-0.05, 0) is 80.6 Å². The van der Waals surface area contributed by atoms with E-state index < -0.39 is 0 Å². The number of ether oxygens (including phenoxy) is 2. The van der Waals surface area contributed by atoms with E-state index in [0.717, 1.165) is 31.3 Å². The standard InChI is InChI=1S/C19H26O3S/c1-5-6-17(23)21-15-8-7-13-9-16-14(11(2)18(20)22-16)10-19(13,4)12(15)3/h5-6,12-13,15-16H,7-10H2,1-4H3. The van der Waals surface area contributed by atoms with Gasteiger partial charge in [0.1, 0.15) is 12.2 Å². The van der Waals surface area contributed by atoms with Gasteiger partial charge in [-0.3, -0.25) is 0 Å². The number of carbonyl (C=O) groups is 1. The third-order valence-corrected chi connectivity index (χ3v) is 6.63. The number of thiocarbonyl (C=S) groups is 1. The number of carbonyl (C=O) groups excluding carboxylic acids is 1. The number of hydrogen-bond donors (Lipinski definition) is 0. The van der Waals surface area contributed by atoms with Crippen molar-refractivity contribution in [2.24, 2.45) is 17.3 Å². The van der Waals surface area contributed by atoms with Gasteiger partial charge >= 0.3 is 5.97 Å². The van der Waals surface area contributed by atoms with E-state index in [2.05, 4.69) is 13.8 Å². The van der Waals surface area contributed by atoms with E-state index in [9.17, 15) is 4.79 Å². The molecule has 1 aliphatic heterocycles. The lowest BCUT2D eigenvalue weighted by Crippen LogP contribution is -2.50. The van der Waals surface area contributed by atoms with Crippen molar-refractivity contribution < 1.29 is 14.3 Å². The Hall–Kier alpha value is -1.16. The summed E-state index contributed by atoms with van der Waals surface area (Å²) in [6.07, 6.45) is 8.00. The lowest BCUT2D eigenvalue weighted by Gasteiger charge is -2.53. The molecule has 5 unspecified atom stereocenters. The Morgan fingerprint density at radius 1 is 1.43 bits per heavy atom. The summed E-state index contributed by atoms with van der Waals surface area (Å²) in [6, 6.07) is 0. The van der Waals surface area contributed by atoms with E-state index in [1.165, 1.54) is 5.57 Å². The molecule has 0 bridgehead atoms. The van der Waals surface area contributed by atoms with Crippen molar-refractivity contribution in [1.29, 1.82) is 0 Å². The number of hydrogen-bond acceptors (Lipinski definition) is 4. The molecule has 126 valence electrons. The van der Waals surface area contributed by atoms with Crippen molar-refractivity contribution in [1.82, 2.24) is 0 Å². The number of allylic oxidation sites excluding steroid dienone is 1. The van der Waals surface area contributed by atoms with Crippen LogP contribution in [0.4, 0.5) is 0 Å². The minimum atomic E-state index is -0.123. The molecule has 3 nitrogen and oxygen atoms in total. The van der Waals surface area contributed by atoms with Gasteiger partial charge in [0, 0.05) is 5.57 Å². The van der Waals surface area contributed by atoms with Gasteiger partial charge < -0.3 is 9.47 Å². The van der Waals surface area contributed by atoms with Gasteiger partial charge in [0.2, 0.25) is 0 Å². The first kappa shape index (κ1) is 16.7. The lowest BCUT2D eigenvalue weighted by molar-refractivity contribution is -0.143. The Morgan fingerprint density at radius 3 is 2.87 bits per heavy atom. The summed E-state index contributed by atoms with van der Waals surface area (Å²) in [5.41, 5.74) is 2.20. The molecular weight excluding hydrogens is 308 g/mol. The monoisotopic (exact) mass is 334 g/mol. The molecule has 3 rings (SSSR count). The van der Waals surface area contributed by atoms with Crippen molar-refractivity contribution in [3.05, 3.63) is 23.3 Å². The largest absolute Gasteiger partial charge is 0.480 e. The third kappa shape index (κ3) is 2.75. The maximum atomic E-state index is 11.9. The van der Waals surface area contributed by atoms with E-state index in [4.69, 9.17) is 21.7 Å². The molecule has 1 heterocycles. The molecule has 3 aliphatic rings. The van der Waals surface area contributed by atoms with Crippen LogP contribution in [0.3, 0.4) is 0 Å². The molecule has 0 spiro atoms. The van der Waals surface area contributed by atoms with Gasteiger partial charge in [-0.1, -0.05) is 19.9 Å². The first-order chi connectivity index (χ1) is 10.9. The lowest BCUT2D eigenvalue weighted by atomic mass is 9.53. The van der Waals surface area contributed by atoms with Crippen LogP contribution in [-0.2, 0) is 14.3 Å². The van der Waals surface area contributed by atoms with Crippen molar-refractivity contribution in [2.75, 3.05) is 0 Å². The molecule has 2 fully saturated rings. The highest BCUT2D eigenvalue weighted by Gasteiger charge is 2.53. The number of rotatable bonds is 2. The van der Waals surface area contributed by atoms with Gasteiger partial charge in [-0.2, -0.15) is 0 Å². The first-order valence-electron chi connectivity index (χ1n) is 8.60. The zero-order valence-corrected chi connectivity index (χ0v) is 15.2. The molecule has 2 saturated carbocycles. The second kappa shape index (κ2) is 6.04. The molecule has 0 aromatic carbocycles. The Balaban J connectivity index is 1.82. The summed E-state index contributed by atoms with van der Waals surface area (Å²) in [7, 11) is 0. The van der Waals surface area contributed by atoms with Crippen molar-refractivity contribution in [3.63, 3.8) is 0 Å². The second-order valence-corrected chi connectivity index (χ2v) is 7.90. The van der Waals surface area contributed by atoms with E-state index in [1.807, 2.05) is 26.0 Å².